The highest BCUT2D eigenvalue weighted by atomic mass is 16.5. The molecule has 0 fully saturated rings. The summed E-state index contributed by atoms with van der Waals surface area (Å²) in [7, 11) is 1.46. The fourth-order valence-electron chi connectivity index (χ4n) is 3.21. The van der Waals surface area contributed by atoms with E-state index in [1.54, 1.807) is 0 Å². The first-order chi connectivity index (χ1) is 12.8. The third kappa shape index (κ3) is 11.7. The average molecular weight is 401 g/mol. The van der Waals surface area contributed by atoms with E-state index in [1.165, 1.54) is 7.11 Å². The molecular formula is C24H48O4. The first-order valence-corrected chi connectivity index (χ1v) is 11.1. The largest absolute Gasteiger partial charge is 0.469 e. The zero-order valence-corrected chi connectivity index (χ0v) is 20.6. The van der Waals surface area contributed by atoms with Gasteiger partial charge in [0.25, 0.3) is 0 Å². The second kappa shape index (κ2) is 14.9. The predicted octanol–water partition coefficient (Wildman–Crippen LogP) is 6.52. The van der Waals surface area contributed by atoms with Gasteiger partial charge in [0.2, 0.25) is 0 Å². The summed E-state index contributed by atoms with van der Waals surface area (Å²) in [4.78, 5) is 23.4. The number of carbonyl (C=O) groups is 2. The molecule has 0 spiro atoms. The molecule has 0 aliphatic carbocycles. The molecule has 0 aromatic rings. The molecule has 0 rings (SSSR count). The van der Waals surface area contributed by atoms with Crippen LogP contribution in [0.1, 0.15) is 94.9 Å². The van der Waals surface area contributed by atoms with Crippen LogP contribution in [0.3, 0.4) is 0 Å². The van der Waals surface area contributed by atoms with Gasteiger partial charge in [-0.05, 0) is 49.9 Å². The molecule has 0 bridgehead atoms. The highest BCUT2D eigenvalue weighted by molar-refractivity contribution is 5.76. The Bertz CT molecular complexity index is 426. The Morgan fingerprint density at radius 3 is 1.79 bits per heavy atom. The van der Waals surface area contributed by atoms with Crippen molar-refractivity contribution in [1.82, 2.24) is 0 Å². The maximum Gasteiger partial charge on any atom is 0.311 e. The Hall–Kier alpha value is -1.06. The molecule has 2 unspecified atom stereocenters. The molecule has 4 nitrogen and oxygen atoms in total. The van der Waals surface area contributed by atoms with Crippen LogP contribution in [0.25, 0.3) is 0 Å². The summed E-state index contributed by atoms with van der Waals surface area (Å²) in [5.41, 5.74) is -0.330. The lowest BCUT2D eigenvalue weighted by molar-refractivity contribution is -0.155. The molecule has 0 heterocycles. The van der Waals surface area contributed by atoms with Gasteiger partial charge in [0.05, 0.1) is 25.0 Å². The van der Waals surface area contributed by atoms with Gasteiger partial charge in [-0.2, -0.15) is 0 Å². The fourth-order valence-corrected chi connectivity index (χ4v) is 3.21. The maximum absolute atomic E-state index is 11.8. The summed E-state index contributed by atoms with van der Waals surface area (Å²) in [5.74, 6) is 1.75. The SMILES string of the molecule is CCCCOC(=O)C(CC(C)C)C(C)C.COC(=O)C(C)(CC(C)C)C(C)C. The highest BCUT2D eigenvalue weighted by Crippen LogP contribution is 2.35. The Morgan fingerprint density at radius 1 is 0.929 bits per heavy atom. The number of carbonyl (C=O) groups excluding carboxylic acids is 2. The summed E-state index contributed by atoms with van der Waals surface area (Å²) < 4.78 is 10.1. The van der Waals surface area contributed by atoms with Crippen LogP contribution in [0, 0.1) is 35.0 Å². The van der Waals surface area contributed by atoms with Gasteiger partial charge in [-0.25, -0.2) is 0 Å². The van der Waals surface area contributed by atoms with Gasteiger partial charge in [-0.3, -0.25) is 9.59 Å². The summed E-state index contributed by atoms with van der Waals surface area (Å²) in [6.07, 6.45) is 3.86. The van der Waals surface area contributed by atoms with Crippen LogP contribution in [0.4, 0.5) is 0 Å². The predicted molar refractivity (Wildman–Crippen MR) is 118 cm³/mol. The van der Waals surface area contributed by atoms with E-state index in [4.69, 9.17) is 9.47 Å². The lowest BCUT2D eigenvalue weighted by atomic mass is 9.73. The van der Waals surface area contributed by atoms with Crippen LogP contribution < -0.4 is 0 Å². The van der Waals surface area contributed by atoms with Crippen molar-refractivity contribution >= 4 is 11.9 Å². The Labute approximate surface area is 175 Å². The first kappa shape index (κ1) is 29.1. The van der Waals surface area contributed by atoms with Crippen LogP contribution in [-0.2, 0) is 19.1 Å². The number of unbranched alkanes of at least 4 members (excludes halogenated alkanes) is 1. The average Bonchev–Trinajstić information content (AvgIpc) is 2.58. The second-order valence-electron chi connectivity index (χ2n) is 9.66. The molecule has 2 atom stereocenters. The molecule has 0 saturated heterocycles. The van der Waals surface area contributed by atoms with E-state index in [2.05, 4.69) is 62.3 Å². The molecule has 168 valence electrons. The molecule has 0 aliphatic rings. The fraction of sp³-hybridized carbons (Fsp3) is 0.917. The number of hydrogen-bond acceptors (Lipinski definition) is 4. The van der Waals surface area contributed by atoms with Crippen molar-refractivity contribution in [2.24, 2.45) is 35.0 Å². The zero-order valence-electron chi connectivity index (χ0n) is 20.6. The molecule has 0 radical (unpaired) electrons. The maximum atomic E-state index is 11.8. The Morgan fingerprint density at radius 2 is 1.46 bits per heavy atom. The van der Waals surface area contributed by atoms with Crippen LogP contribution in [0.5, 0.6) is 0 Å². The molecule has 0 amide bonds. The number of ether oxygens (including phenoxy) is 2. The minimum Gasteiger partial charge on any atom is -0.469 e. The van der Waals surface area contributed by atoms with E-state index in [0.717, 1.165) is 25.7 Å². The van der Waals surface area contributed by atoms with Gasteiger partial charge in [-0.15, -0.1) is 0 Å². The first-order valence-electron chi connectivity index (χ1n) is 11.1. The van der Waals surface area contributed by atoms with E-state index < -0.39 is 0 Å². The Balaban J connectivity index is 0. The van der Waals surface area contributed by atoms with Gasteiger partial charge >= 0.3 is 11.9 Å². The van der Waals surface area contributed by atoms with Gasteiger partial charge in [0, 0.05) is 0 Å². The van der Waals surface area contributed by atoms with E-state index in [-0.39, 0.29) is 23.3 Å². The van der Waals surface area contributed by atoms with Crippen molar-refractivity contribution in [3.8, 4) is 0 Å². The smallest absolute Gasteiger partial charge is 0.311 e. The quantitative estimate of drug-likeness (QED) is 0.293. The van der Waals surface area contributed by atoms with Crippen molar-refractivity contribution in [2.75, 3.05) is 13.7 Å². The number of rotatable bonds is 11. The van der Waals surface area contributed by atoms with E-state index in [0.29, 0.717) is 30.3 Å². The Kier molecular flexibility index (Phi) is 15.5. The molecule has 28 heavy (non-hydrogen) atoms. The zero-order chi connectivity index (χ0) is 22.5. The summed E-state index contributed by atoms with van der Waals surface area (Å²) in [6, 6.07) is 0. The standard InChI is InChI=1S/C13H26O2.C11H22O2/c1-6-7-8-15-13(14)12(11(4)5)9-10(2)3;1-8(2)7-11(5,9(3)4)10(12)13-6/h10-12H,6-9H2,1-5H3;8-9H,7H2,1-6H3. The lowest BCUT2D eigenvalue weighted by Gasteiger charge is -2.32. The molecule has 0 saturated carbocycles. The van der Waals surface area contributed by atoms with Crippen molar-refractivity contribution < 1.29 is 19.1 Å². The number of methoxy groups -OCH3 is 1. The van der Waals surface area contributed by atoms with Crippen LogP contribution in [0.2, 0.25) is 0 Å². The van der Waals surface area contributed by atoms with Crippen LogP contribution in [-0.4, -0.2) is 25.7 Å². The van der Waals surface area contributed by atoms with Crippen molar-refractivity contribution in [3.05, 3.63) is 0 Å². The van der Waals surface area contributed by atoms with Crippen molar-refractivity contribution in [3.63, 3.8) is 0 Å². The minimum atomic E-state index is -0.330. The van der Waals surface area contributed by atoms with Gasteiger partial charge < -0.3 is 9.47 Å². The minimum absolute atomic E-state index is 0.00727. The third-order valence-electron chi connectivity index (χ3n) is 5.33. The molecule has 0 N–H and O–H groups in total. The van der Waals surface area contributed by atoms with Crippen LogP contribution in [0.15, 0.2) is 0 Å². The number of esters is 2. The molecule has 0 aromatic heterocycles. The van der Waals surface area contributed by atoms with Crippen LogP contribution >= 0.6 is 0 Å². The number of hydrogen-bond donors (Lipinski definition) is 0. The van der Waals surface area contributed by atoms with Gasteiger partial charge in [0.1, 0.15) is 0 Å². The molecular weight excluding hydrogens is 352 g/mol. The van der Waals surface area contributed by atoms with E-state index >= 15 is 0 Å². The van der Waals surface area contributed by atoms with Gasteiger partial charge in [-0.1, -0.05) is 68.7 Å². The lowest BCUT2D eigenvalue weighted by Crippen LogP contribution is -2.35. The van der Waals surface area contributed by atoms with Gasteiger partial charge in [0.15, 0.2) is 0 Å². The third-order valence-corrected chi connectivity index (χ3v) is 5.33. The molecule has 0 aliphatic heterocycles. The topological polar surface area (TPSA) is 52.6 Å². The van der Waals surface area contributed by atoms with Crippen molar-refractivity contribution in [1.29, 1.82) is 0 Å². The molecule has 4 heteroatoms. The molecule has 0 aromatic carbocycles. The van der Waals surface area contributed by atoms with E-state index in [9.17, 15) is 9.59 Å². The highest BCUT2D eigenvalue weighted by Gasteiger charge is 2.38. The van der Waals surface area contributed by atoms with Crippen molar-refractivity contribution in [2.45, 2.75) is 94.9 Å². The summed E-state index contributed by atoms with van der Waals surface area (Å²) in [6.45, 7) is 21.5. The van der Waals surface area contributed by atoms with E-state index in [1.807, 2.05) is 6.92 Å². The normalized spacial score (nSPS) is 14.5. The second-order valence-corrected chi connectivity index (χ2v) is 9.66. The monoisotopic (exact) mass is 400 g/mol. The summed E-state index contributed by atoms with van der Waals surface area (Å²) in [5, 5.41) is 0. The summed E-state index contributed by atoms with van der Waals surface area (Å²) >= 11 is 0.